The fourth-order valence-corrected chi connectivity index (χ4v) is 4.33. The summed E-state index contributed by atoms with van der Waals surface area (Å²) in [4.78, 5) is 36.1. The van der Waals surface area contributed by atoms with Gasteiger partial charge < -0.3 is 24.9 Å². The van der Waals surface area contributed by atoms with E-state index >= 15 is 0 Å². The van der Waals surface area contributed by atoms with Gasteiger partial charge in [-0.05, 0) is 46.7 Å². The molecule has 1 aromatic heterocycles. The number of nitrogens with one attached hydrogen (secondary N) is 2. The van der Waals surface area contributed by atoms with Crippen LogP contribution in [0.1, 0.15) is 53.6 Å². The third kappa shape index (κ3) is 5.54. The number of fused-ring (bicyclic) bond motifs is 3. The predicted molar refractivity (Wildman–Crippen MR) is 129 cm³/mol. The Morgan fingerprint density at radius 1 is 0.971 bits per heavy atom. The van der Waals surface area contributed by atoms with Gasteiger partial charge in [0.15, 0.2) is 5.76 Å². The SMILES string of the molecule is CC(C)C[C@@H](NC(=O)c1ccc(CNC(=O)OCC2c3ccccc3-c3ccccc32)o1)C(=O)O. The van der Waals surface area contributed by atoms with Crippen molar-refractivity contribution < 1.29 is 28.6 Å². The number of carboxylic acid groups (broad SMARTS) is 1. The van der Waals surface area contributed by atoms with Crippen LogP contribution in [0.25, 0.3) is 11.1 Å². The van der Waals surface area contributed by atoms with Crippen LogP contribution in [0.3, 0.4) is 0 Å². The first-order valence-electron chi connectivity index (χ1n) is 11.5. The Morgan fingerprint density at radius 2 is 1.60 bits per heavy atom. The van der Waals surface area contributed by atoms with Crippen LogP contribution in [-0.4, -0.2) is 35.7 Å². The number of aliphatic carboxylic acids is 1. The van der Waals surface area contributed by atoms with Gasteiger partial charge in [-0.1, -0.05) is 62.4 Å². The average molecular weight is 477 g/mol. The lowest BCUT2D eigenvalue weighted by molar-refractivity contribution is -0.139. The standard InChI is InChI=1S/C27H28N2O6/c1-16(2)13-23(26(31)32)29-25(30)24-12-11-17(35-24)14-28-27(33)34-15-22-20-9-5-3-7-18(20)19-8-4-6-10-21(19)22/h3-12,16,22-23H,13-15H2,1-2H3,(H,28,33)(H,29,30)(H,31,32)/t23-/m1/s1. The topological polar surface area (TPSA) is 118 Å². The van der Waals surface area contributed by atoms with E-state index in [0.29, 0.717) is 12.2 Å². The van der Waals surface area contributed by atoms with Gasteiger partial charge in [-0.3, -0.25) is 4.79 Å². The van der Waals surface area contributed by atoms with E-state index in [4.69, 9.17) is 9.15 Å². The van der Waals surface area contributed by atoms with Gasteiger partial charge in [-0.25, -0.2) is 9.59 Å². The highest BCUT2D eigenvalue weighted by molar-refractivity contribution is 5.94. The van der Waals surface area contributed by atoms with Gasteiger partial charge in [-0.2, -0.15) is 0 Å². The van der Waals surface area contributed by atoms with Crippen molar-refractivity contribution in [3.05, 3.63) is 83.3 Å². The Morgan fingerprint density at radius 3 is 2.20 bits per heavy atom. The van der Waals surface area contributed by atoms with E-state index in [1.54, 1.807) is 6.07 Å². The first-order chi connectivity index (χ1) is 16.8. The number of benzene rings is 2. The number of alkyl carbamates (subject to hydrolysis) is 1. The smallest absolute Gasteiger partial charge is 0.407 e. The van der Waals surface area contributed by atoms with Gasteiger partial charge in [0.1, 0.15) is 18.4 Å². The molecule has 35 heavy (non-hydrogen) atoms. The predicted octanol–water partition coefficient (Wildman–Crippen LogP) is 4.55. The second-order valence-electron chi connectivity index (χ2n) is 8.94. The van der Waals surface area contributed by atoms with Crippen molar-refractivity contribution in [2.75, 3.05) is 6.61 Å². The van der Waals surface area contributed by atoms with Crippen LogP contribution >= 0.6 is 0 Å². The molecule has 1 aliphatic rings. The molecule has 4 rings (SSSR count). The molecule has 0 aliphatic heterocycles. The van der Waals surface area contributed by atoms with Crippen LogP contribution in [0.2, 0.25) is 0 Å². The molecule has 0 unspecified atom stereocenters. The highest BCUT2D eigenvalue weighted by Gasteiger charge is 2.29. The minimum absolute atomic E-state index is 0.0238. The summed E-state index contributed by atoms with van der Waals surface area (Å²) in [5.41, 5.74) is 4.55. The summed E-state index contributed by atoms with van der Waals surface area (Å²) >= 11 is 0. The van der Waals surface area contributed by atoms with E-state index in [1.165, 1.54) is 6.07 Å². The fraction of sp³-hybridized carbons (Fsp3) is 0.296. The van der Waals surface area contributed by atoms with Gasteiger partial charge in [0.25, 0.3) is 5.91 Å². The number of rotatable bonds is 9. The molecule has 0 fully saturated rings. The Kier molecular flexibility index (Phi) is 7.19. The second kappa shape index (κ2) is 10.5. The zero-order chi connectivity index (χ0) is 24.9. The maximum atomic E-state index is 12.4. The summed E-state index contributed by atoms with van der Waals surface area (Å²) in [5.74, 6) is -1.34. The first-order valence-corrected chi connectivity index (χ1v) is 11.5. The maximum Gasteiger partial charge on any atom is 0.407 e. The number of ether oxygens (including phenoxy) is 1. The molecule has 0 spiro atoms. The molecule has 182 valence electrons. The van der Waals surface area contributed by atoms with Crippen LogP contribution < -0.4 is 10.6 Å². The molecule has 8 nitrogen and oxygen atoms in total. The molecule has 2 aromatic carbocycles. The molecule has 1 atom stereocenters. The molecule has 0 radical (unpaired) electrons. The molecular weight excluding hydrogens is 448 g/mol. The zero-order valence-electron chi connectivity index (χ0n) is 19.6. The van der Waals surface area contributed by atoms with Crippen LogP contribution in [0.15, 0.2) is 65.1 Å². The molecule has 3 aromatic rings. The maximum absolute atomic E-state index is 12.4. The molecule has 2 amide bonds. The first kappa shape index (κ1) is 24.1. The summed E-state index contributed by atoms with van der Waals surface area (Å²) in [6, 6.07) is 18.2. The number of hydrogen-bond acceptors (Lipinski definition) is 5. The van der Waals surface area contributed by atoms with E-state index in [-0.39, 0.29) is 30.7 Å². The number of carboxylic acids is 1. The molecule has 0 bridgehead atoms. The van der Waals surface area contributed by atoms with Crippen molar-refractivity contribution in [1.29, 1.82) is 0 Å². The Balaban J connectivity index is 1.30. The minimum atomic E-state index is -1.10. The lowest BCUT2D eigenvalue weighted by atomic mass is 9.98. The Hall–Kier alpha value is -4.07. The van der Waals surface area contributed by atoms with Crippen LogP contribution in [0.4, 0.5) is 4.79 Å². The number of amides is 2. The van der Waals surface area contributed by atoms with Gasteiger partial charge >= 0.3 is 12.1 Å². The molecular formula is C27H28N2O6. The third-order valence-corrected chi connectivity index (χ3v) is 5.95. The number of hydrogen-bond donors (Lipinski definition) is 3. The summed E-state index contributed by atoms with van der Waals surface area (Å²) in [5, 5.41) is 14.4. The lowest BCUT2D eigenvalue weighted by Crippen LogP contribution is -2.41. The Labute approximate surface area is 203 Å². The van der Waals surface area contributed by atoms with Crippen LogP contribution in [-0.2, 0) is 16.1 Å². The quantitative estimate of drug-likeness (QED) is 0.417. The van der Waals surface area contributed by atoms with E-state index in [1.807, 2.05) is 50.2 Å². The van der Waals surface area contributed by atoms with Gasteiger partial charge in [0, 0.05) is 5.92 Å². The van der Waals surface area contributed by atoms with E-state index in [0.717, 1.165) is 22.3 Å². The van der Waals surface area contributed by atoms with Gasteiger partial charge in [0.2, 0.25) is 0 Å². The number of carbonyl (C=O) groups excluding carboxylic acids is 2. The summed E-state index contributed by atoms with van der Waals surface area (Å²) < 4.78 is 11.0. The van der Waals surface area contributed by atoms with E-state index < -0.39 is 24.0 Å². The second-order valence-corrected chi connectivity index (χ2v) is 8.94. The molecule has 8 heteroatoms. The van der Waals surface area contributed by atoms with Crippen LogP contribution in [0.5, 0.6) is 0 Å². The van der Waals surface area contributed by atoms with Crippen molar-refractivity contribution >= 4 is 18.0 Å². The van der Waals surface area contributed by atoms with Crippen molar-refractivity contribution in [3.63, 3.8) is 0 Å². The van der Waals surface area contributed by atoms with Crippen molar-refractivity contribution in [1.82, 2.24) is 10.6 Å². The molecule has 1 aliphatic carbocycles. The highest BCUT2D eigenvalue weighted by Crippen LogP contribution is 2.44. The largest absolute Gasteiger partial charge is 0.480 e. The summed E-state index contributed by atoms with van der Waals surface area (Å²) in [7, 11) is 0. The van der Waals surface area contributed by atoms with Crippen molar-refractivity contribution in [2.24, 2.45) is 5.92 Å². The fourth-order valence-electron chi connectivity index (χ4n) is 4.33. The molecule has 0 saturated heterocycles. The highest BCUT2D eigenvalue weighted by atomic mass is 16.5. The minimum Gasteiger partial charge on any atom is -0.480 e. The summed E-state index contributed by atoms with van der Waals surface area (Å²) in [6.45, 7) is 3.97. The normalized spacial score (nSPS) is 13.1. The zero-order valence-corrected chi connectivity index (χ0v) is 19.6. The van der Waals surface area contributed by atoms with Crippen molar-refractivity contribution in [2.45, 2.75) is 38.8 Å². The Bertz CT molecular complexity index is 1190. The molecule has 0 saturated carbocycles. The number of furan rings is 1. The average Bonchev–Trinajstić information content (AvgIpc) is 3.44. The monoisotopic (exact) mass is 476 g/mol. The number of carbonyl (C=O) groups is 3. The van der Waals surface area contributed by atoms with Gasteiger partial charge in [-0.15, -0.1) is 0 Å². The van der Waals surface area contributed by atoms with Gasteiger partial charge in [0.05, 0.1) is 6.54 Å². The van der Waals surface area contributed by atoms with Crippen molar-refractivity contribution in [3.8, 4) is 11.1 Å². The third-order valence-electron chi connectivity index (χ3n) is 5.95. The van der Waals surface area contributed by atoms with Crippen LogP contribution in [0, 0.1) is 5.92 Å². The van der Waals surface area contributed by atoms with E-state index in [2.05, 4.69) is 22.8 Å². The van der Waals surface area contributed by atoms with E-state index in [9.17, 15) is 19.5 Å². The molecule has 1 heterocycles. The molecule has 3 N–H and O–H groups in total. The lowest BCUT2D eigenvalue weighted by Gasteiger charge is -2.15. The summed E-state index contributed by atoms with van der Waals surface area (Å²) in [6.07, 6.45) is -0.296.